The molecule has 2 atom stereocenters. The van der Waals surface area contributed by atoms with E-state index in [0.717, 1.165) is 11.3 Å². The zero-order valence-electron chi connectivity index (χ0n) is 14.2. The Kier molecular flexibility index (Phi) is 3.91. The van der Waals surface area contributed by atoms with Gasteiger partial charge in [-0.2, -0.15) is 5.10 Å². The normalized spacial score (nSPS) is 24.4. The summed E-state index contributed by atoms with van der Waals surface area (Å²) in [6.07, 6.45) is 1.74. The van der Waals surface area contributed by atoms with Crippen LogP contribution in [-0.2, 0) is 18.3 Å². The van der Waals surface area contributed by atoms with E-state index in [4.69, 9.17) is 16.3 Å². The van der Waals surface area contributed by atoms with Crippen molar-refractivity contribution < 1.29 is 19.4 Å². The first-order chi connectivity index (χ1) is 12.4. The van der Waals surface area contributed by atoms with Crippen LogP contribution in [0.3, 0.4) is 0 Å². The van der Waals surface area contributed by atoms with E-state index in [0.29, 0.717) is 13.0 Å². The number of hydrogen-bond acceptors (Lipinski definition) is 4. The highest BCUT2D eigenvalue weighted by Crippen LogP contribution is 2.44. The number of ether oxygens (including phenoxy) is 1. The molecule has 0 saturated carbocycles. The molecule has 2 aliphatic heterocycles. The van der Waals surface area contributed by atoms with Crippen molar-refractivity contribution in [2.75, 3.05) is 19.7 Å². The Bertz CT molecular complexity index is 877. The van der Waals surface area contributed by atoms with Crippen LogP contribution in [0.1, 0.15) is 16.1 Å². The molecule has 4 rings (SSSR count). The molecule has 26 heavy (non-hydrogen) atoms. The number of carbonyl (C=O) groups excluding carboxylic acids is 1. The summed E-state index contributed by atoms with van der Waals surface area (Å²) in [5, 5.41) is 14.3. The second-order valence-corrected chi connectivity index (χ2v) is 7.31. The summed E-state index contributed by atoms with van der Waals surface area (Å²) in [4.78, 5) is 26.8. The third-order valence-corrected chi connectivity index (χ3v) is 5.70. The van der Waals surface area contributed by atoms with Gasteiger partial charge in [0.05, 0.1) is 23.2 Å². The van der Waals surface area contributed by atoms with Gasteiger partial charge in [-0.1, -0.05) is 29.8 Å². The van der Waals surface area contributed by atoms with Gasteiger partial charge in [0, 0.05) is 26.1 Å². The summed E-state index contributed by atoms with van der Waals surface area (Å²) in [6, 6.07) is 7.47. The molecule has 1 saturated heterocycles. The van der Waals surface area contributed by atoms with Crippen molar-refractivity contribution >= 4 is 23.5 Å². The number of aliphatic carboxylic acids is 1. The minimum absolute atomic E-state index is 0.116. The molecule has 1 N–H and O–H groups in total. The Hall–Kier alpha value is -2.54. The molecular formula is C18H18ClN3O4. The summed E-state index contributed by atoms with van der Waals surface area (Å²) >= 11 is 6.09. The van der Waals surface area contributed by atoms with Crippen LogP contribution in [0.25, 0.3) is 0 Å². The topological polar surface area (TPSA) is 84.7 Å². The van der Waals surface area contributed by atoms with Crippen LogP contribution in [-0.4, -0.2) is 51.4 Å². The monoisotopic (exact) mass is 375 g/mol. The molecule has 0 bridgehead atoms. The molecule has 0 spiro atoms. The Balaban J connectivity index is 1.69. The van der Waals surface area contributed by atoms with Crippen molar-refractivity contribution in [3.63, 3.8) is 0 Å². The number of fused-ring (bicyclic) bond motifs is 2. The minimum Gasteiger partial charge on any atom is -0.493 e. The molecule has 2 aromatic rings. The zero-order chi connectivity index (χ0) is 18.5. The van der Waals surface area contributed by atoms with E-state index < -0.39 is 11.4 Å². The average molecular weight is 376 g/mol. The first-order valence-corrected chi connectivity index (χ1v) is 8.71. The molecule has 0 radical (unpaired) electrons. The van der Waals surface area contributed by atoms with Gasteiger partial charge in [0.25, 0.3) is 5.91 Å². The van der Waals surface area contributed by atoms with E-state index in [2.05, 4.69) is 5.10 Å². The molecule has 7 nitrogen and oxygen atoms in total. The fourth-order valence-electron chi connectivity index (χ4n) is 3.98. The van der Waals surface area contributed by atoms with Crippen LogP contribution in [0.15, 0.2) is 30.5 Å². The van der Waals surface area contributed by atoms with E-state index in [-0.39, 0.29) is 35.7 Å². The first kappa shape index (κ1) is 16.9. The van der Waals surface area contributed by atoms with Crippen LogP contribution < -0.4 is 4.74 Å². The van der Waals surface area contributed by atoms with E-state index in [1.807, 2.05) is 24.3 Å². The molecule has 0 unspecified atom stereocenters. The number of carboxylic acids is 1. The molecule has 1 aromatic carbocycles. The number of rotatable bonds is 2. The Morgan fingerprint density at radius 3 is 2.85 bits per heavy atom. The largest absolute Gasteiger partial charge is 0.493 e. The van der Waals surface area contributed by atoms with Crippen LogP contribution in [0.5, 0.6) is 5.75 Å². The van der Waals surface area contributed by atoms with Gasteiger partial charge in [-0.25, -0.2) is 0 Å². The van der Waals surface area contributed by atoms with Gasteiger partial charge in [0.2, 0.25) is 0 Å². The summed E-state index contributed by atoms with van der Waals surface area (Å²) in [5.41, 5.74) is 0.0445. The van der Waals surface area contributed by atoms with Gasteiger partial charge in [-0.15, -0.1) is 0 Å². The van der Waals surface area contributed by atoms with Gasteiger partial charge in [-0.05, 0) is 18.1 Å². The van der Waals surface area contributed by atoms with Crippen LogP contribution in [0.2, 0.25) is 5.02 Å². The van der Waals surface area contributed by atoms with Crippen LogP contribution >= 0.6 is 11.6 Å². The fraction of sp³-hybridized carbons (Fsp3) is 0.389. The molecule has 1 aromatic heterocycles. The summed E-state index contributed by atoms with van der Waals surface area (Å²) < 4.78 is 7.27. The Morgan fingerprint density at radius 1 is 1.38 bits per heavy atom. The number of para-hydroxylation sites is 1. The molecule has 1 fully saturated rings. The number of halogens is 1. The van der Waals surface area contributed by atoms with Crippen molar-refractivity contribution in [1.82, 2.24) is 14.7 Å². The number of hydrogen-bond donors (Lipinski definition) is 1. The smallest absolute Gasteiger partial charge is 0.312 e. The van der Waals surface area contributed by atoms with Crippen molar-refractivity contribution in [3.05, 3.63) is 46.7 Å². The van der Waals surface area contributed by atoms with Gasteiger partial charge in [-0.3, -0.25) is 14.3 Å². The number of benzene rings is 1. The van der Waals surface area contributed by atoms with Crippen molar-refractivity contribution in [2.45, 2.75) is 6.42 Å². The molecule has 0 aliphatic carbocycles. The van der Waals surface area contributed by atoms with Crippen LogP contribution in [0, 0.1) is 11.3 Å². The number of carbonyl (C=O) groups is 2. The van der Waals surface area contributed by atoms with E-state index in [1.165, 1.54) is 10.9 Å². The highest BCUT2D eigenvalue weighted by molar-refractivity contribution is 6.33. The fourth-order valence-corrected chi connectivity index (χ4v) is 4.23. The number of aryl methyl sites for hydroxylation is 1. The number of likely N-dealkylation sites (tertiary alicyclic amines) is 1. The zero-order valence-corrected chi connectivity index (χ0v) is 14.9. The lowest BCUT2D eigenvalue weighted by atomic mass is 9.74. The standard InChI is InChI=1S/C18H18ClN3O4/c1-21-15(13(19)7-20-21)16(23)22-8-12-9-26-14-5-3-2-4-11(14)6-18(12,10-22)17(24)25/h2-5,7,12H,6,8-10H2,1H3,(H,24,25)/t12-,18+/m0/s1. The van der Waals surface area contributed by atoms with Gasteiger partial charge in [0.1, 0.15) is 11.4 Å². The maximum atomic E-state index is 12.9. The maximum Gasteiger partial charge on any atom is 0.312 e. The lowest BCUT2D eigenvalue weighted by molar-refractivity contribution is -0.150. The molecule has 3 heterocycles. The van der Waals surface area contributed by atoms with Crippen molar-refractivity contribution in [3.8, 4) is 5.75 Å². The summed E-state index contributed by atoms with van der Waals surface area (Å²) in [6.45, 7) is 0.678. The lowest BCUT2D eigenvalue weighted by Crippen LogP contribution is -2.42. The predicted octanol–water partition coefficient (Wildman–Crippen LogP) is 1.85. The molecule has 2 aliphatic rings. The van der Waals surface area contributed by atoms with E-state index in [9.17, 15) is 14.7 Å². The Morgan fingerprint density at radius 2 is 2.15 bits per heavy atom. The van der Waals surface area contributed by atoms with Crippen molar-refractivity contribution in [1.29, 1.82) is 0 Å². The van der Waals surface area contributed by atoms with E-state index in [1.54, 1.807) is 11.9 Å². The Labute approximate surface area is 155 Å². The summed E-state index contributed by atoms with van der Waals surface area (Å²) in [7, 11) is 1.64. The van der Waals surface area contributed by atoms with Gasteiger partial charge in [0.15, 0.2) is 0 Å². The second kappa shape index (κ2) is 6.02. The van der Waals surface area contributed by atoms with Crippen molar-refractivity contribution in [2.24, 2.45) is 18.4 Å². The number of amides is 1. The minimum atomic E-state index is -1.08. The quantitative estimate of drug-likeness (QED) is 0.866. The van der Waals surface area contributed by atoms with E-state index >= 15 is 0 Å². The average Bonchev–Trinajstić information content (AvgIpc) is 3.10. The maximum absolute atomic E-state index is 12.9. The second-order valence-electron chi connectivity index (χ2n) is 6.90. The molecule has 8 heteroatoms. The predicted molar refractivity (Wildman–Crippen MR) is 93.3 cm³/mol. The molecule has 136 valence electrons. The van der Waals surface area contributed by atoms with Crippen LogP contribution in [0.4, 0.5) is 0 Å². The molecular weight excluding hydrogens is 358 g/mol. The third-order valence-electron chi connectivity index (χ3n) is 5.42. The molecule has 1 amide bonds. The highest BCUT2D eigenvalue weighted by Gasteiger charge is 2.55. The van der Waals surface area contributed by atoms with Gasteiger partial charge >= 0.3 is 5.97 Å². The first-order valence-electron chi connectivity index (χ1n) is 8.33. The third kappa shape index (κ3) is 2.46. The SMILES string of the molecule is Cn1ncc(Cl)c1C(=O)N1C[C@H]2COc3ccccc3C[C@@]2(C(=O)O)C1. The number of nitrogens with zero attached hydrogens (tertiary/aromatic N) is 3. The summed E-state index contributed by atoms with van der Waals surface area (Å²) in [5.74, 6) is -0.801. The van der Waals surface area contributed by atoms with Gasteiger partial charge < -0.3 is 14.7 Å². The number of carboxylic acid groups (broad SMARTS) is 1. The lowest BCUT2D eigenvalue weighted by Gasteiger charge is -2.27. The highest BCUT2D eigenvalue weighted by atomic mass is 35.5. The number of aromatic nitrogens is 2.